The van der Waals surface area contributed by atoms with Gasteiger partial charge in [-0.2, -0.15) is 0 Å². The molecule has 0 fully saturated rings. The smallest absolute Gasteiger partial charge is 0.330 e. The Hall–Kier alpha value is -1.36. The first-order valence-electron chi connectivity index (χ1n) is 3.81. The summed E-state index contributed by atoms with van der Waals surface area (Å²) in [6.45, 7) is 6.41. The Bertz CT molecular complexity index is 338. The molecule has 0 spiro atoms. The van der Waals surface area contributed by atoms with Crippen molar-refractivity contribution in [2.45, 2.75) is 0 Å². The molecule has 0 aliphatic carbocycles. The second-order valence-electron chi connectivity index (χ2n) is 2.32. The van der Waals surface area contributed by atoms with Crippen LogP contribution in [-0.2, 0) is 19.4 Å². The van der Waals surface area contributed by atoms with Crippen LogP contribution in [0.5, 0.6) is 0 Å². The zero-order chi connectivity index (χ0) is 11.0. The molecule has 0 radical (unpaired) electrons. The topological polar surface area (TPSA) is 60.4 Å². The monoisotopic (exact) mass is 216 g/mol. The van der Waals surface area contributed by atoms with E-state index in [1.165, 1.54) is 12.2 Å². The fraction of sp³-hybridized carbons (Fsp3) is 0.222. The molecule has 0 saturated carbocycles. The Kier molecular flexibility index (Phi) is 5.55. The molecule has 0 aromatic rings. The summed E-state index contributed by atoms with van der Waals surface area (Å²) in [7, 11) is -3.25. The van der Waals surface area contributed by atoms with Gasteiger partial charge in [-0.1, -0.05) is 12.7 Å². The number of rotatable bonds is 6. The van der Waals surface area contributed by atoms with Crippen molar-refractivity contribution in [3.63, 3.8) is 0 Å². The Morgan fingerprint density at radius 3 is 2.50 bits per heavy atom. The maximum Gasteiger partial charge on any atom is 0.330 e. The fourth-order valence-corrected chi connectivity index (χ4v) is 1.41. The number of carbonyl (C=O) groups excluding carboxylic acids is 1. The van der Waals surface area contributed by atoms with Crippen LogP contribution in [0.25, 0.3) is 0 Å². The number of carbonyl (C=O) groups is 1. The third kappa shape index (κ3) is 6.19. The molecular formula is C9H12O4S. The molecule has 0 amide bonds. The van der Waals surface area contributed by atoms with Gasteiger partial charge in [-0.25, -0.2) is 13.2 Å². The van der Waals surface area contributed by atoms with E-state index in [4.69, 9.17) is 0 Å². The van der Waals surface area contributed by atoms with Gasteiger partial charge in [-0.05, 0) is 6.08 Å². The van der Waals surface area contributed by atoms with Crippen molar-refractivity contribution in [1.82, 2.24) is 0 Å². The molecule has 5 heteroatoms. The molecule has 0 aliphatic heterocycles. The summed E-state index contributed by atoms with van der Waals surface area (Å²) in [5, 5.41) is 0.991. The van der Waals surface area contributed by atoms with E-state index in [1.807, 2.05) is 0 Å². The lowest BCUT2D eigenvalue weighted by Gasteiger charge is -1.95. The lowest BCUT2D eigenvalue weighted by molar-refractivity contribution is -0.136. The summed E-state index contributed by atoms with van der Waals surface area (Å²) in [5.74, 6) is -0.713. The van der Waals surface area contributed by atoms with E-state index in [9.17, 15) is 13.2 Å². The summed E-state index contributed by atoms with van der Waals surface area (Å²) < 4.78 is 26.6. The molecule has 0 atom stereocenters. The number of ether oxygens (including phenoxy) is 1. The quantitative estimate of drug-likeness (QED) is 0.375. The third-order valence-corrected chi connectivity index (χ3v) is 2.45. The van der Waals surface area contributed by atoms with Crippen LogP contribution in [0.3, 0.4) is 0 Å². The standard InChI is InChI=1S/C9H12O4S/c1-3-7-14(11,12)8-5-6-13-9(10)4-2/h3-5,8H,1-2,6-7H2. The van der Waals surface area contributed by atoms with Crippen LogP contribution in [0, 0.1) is 0 Å². The van der Waals surface area contributed by atoms with Gasteiger partial charge in [0.05, 0.1) is 5.75 Å². The Balaban J connectivity index is 4.00. The molecule has 0 rings (SSSR count). The van der Waals surface area contributed by atoms with Gasteiger partial charge in [0.2, 0.25) is 0 Å². The molecule has 78 valence electrons. The second-order valence-corrected chi connectivity index (χ2v) is 4.26. The average molecular weight is 216 g/mol. The first-order chi connectivity index (χ1) is 6.52. The van der Waals surface area contributed by atoms with E-state index in [1.54, 1.807) is 0 Å². The van der Waals surface area contributed by atoms with E-state index in [0.717, 1.165) is 11.5 Å². The number of hydrogen-bond acceptors (Lipinski definition) is 4. The summed E-state index contributed by atoms with van der Waals surface area (Å²) in [6, 6.07) is 0. The highest BCUT2D eigenvalue weighted by atomic mass is 32.2. The van der Waals surface area contributed by atoms with Gasteiger partial charge < -0.3 is 4.74 Å². The summed E-state index contributed by atoms with van der Waals surface area (Å²) >= 11 is 0. The maximum atomic E-state index is 11.0. The third-order valence-electron chi connectivity index (χ3n) is 1.14. The van der Waals surface area contributed by atoms with Crippen molar-refractivity contribution in [1.29, 1.82) is 0 Å². The molecule has 0 aromatic carbocycles. The van der Waals surface area contributed by atoms with Crippen molar-refractivity contribution in [3.05, 3.63) is 36.8 Å². The van der Waals surface area contributed by atoms with Crippen LogP contribution in [0.4, 0.5) is 0 Å². The van der Waals surface area contributed by atoms with Crippen molar-refractivity contribution < 1.29 is 17.9 Å². The first kappa shape index (κ1) is 12.6. The van der Waals surface area contributed by atoms with E-state index >= 15 is 0 Å². The highest BCUT2D eigenvalue weighted by Gasteiger charge is 2.01. The molecule has 0 aromatic heterocycles. The zero-order valence-corrected chi connectivity index (χ0v) is 8.50. The van der Waals surface area contributed by atoms with Crippen molar-refractivity contribution >= 4 is 15.8 Å². The molecule has 0 unspecified atom stereocenters. The SMILES string of the molecule is C=CCS(=O)(=O)C=CCOC(=O)C=C. The van der Waals surface area contributed by atoms with Gasteiger partial charge in [0.1, 0.15) is 6.61 Å². The van der Waals surface area contributed by atoms with E-state index < -0.39 is 15.8 Å². The van der Waals surface area contributed by atoms with Gasteiger partial charge in [0.25, 0.3) is 0 Å². The normalized spacial score (nSPS) is 11.1. The van der Waals surface area contributed by atoms with Crippen LogP contribution < -0.4 is 0 Å². The first-order valence-corrected chi connectivity index (χ1v) is 5.53. The van der Waals surface area contributed by atoms with Gasteiger partial charge in [0, 0.05) is 11.5 Å². The van der Waals surface area contributed by atoms with Crippen molar-refractivity contribution in [2.24, 2.45) is 0 Å². The predicted octanol–water partition coefficient (Wildman–Crippen LogP) is 0.830. The van der Waals surface area contributed by atoms with Crippen molar-refractivity contribution in [3.8, 4) is 0 Å². The van der Waals surface area contributed by atoms with Crippen molar-refractivity contribution in [2.75, 3.05) is 12.4 Å². The molecule has 4 nitrogen and oxygen atoms in total. The van der Waals surface area contributed by atoms with E-state index in [2.05, 4.69) is 17.9 Å². The minimum absolute atomic E-state index is 0.0821. The Morgan fingerprint density at radius 1 is 1.36 bits per heavy atom. The fourth-order valence-electron chi connectivity index (χ4n) is 0.595. The van der Waals surface area contributed by atoms with Crippen LogP contribution in [0.2, 0.25) is 0 Å². The number of esters is 1. The largest absolute Gasteiger partial charge is 0.458 e. The van der Waals surface area contributed by atoms with Crippen LogP contribution in [-0.4, -0.2) is 26.7 Å². The average Bonchev–Trinajstić information content (AvgIpc) is 2.12. The second kappa shape index (κ2) is 6.15. The molecule has 0 N–H and O–H groups in total. The Labute approximate surface area is 83.5 Å². The minimum Gasteiger partial charge on any atom is -0.458 e. The van der Waals surface area contributed by atoms with Gasteiger partial charge in [0.15, 0.2) is 9.84 Å². The van der Waals surface area contributed by atoms with E-state index in [-0.39, 0.29) is 12.4 Å². The Morgan fingerprint density at radius 2 is 2.00 bits per heavy atom. The molecule has 14 heavy (non-hydrogen) atoms. The van der Waals surface area contributed by atoms with Gasteiger partial charge in [-0.15, -0.1) is 6.58 Å². The molecule has 0 heterocycles. The highest BCUT2D eigenvalue weighted by Crippen LogP contribution is 1.93. The lowest BCUT2D eigenvalue weighted by Crippen LogP contribution is -2.02. The summed E-state index contributed by atoms with van der Waals surface area (Å²) in [5.41, 5.74) is 0. The zero-order valence-electron chi connectivity index (χ0n) is 7.68. The molecule has 0 aliphatic rings. The number of hydrogen-bond donors (Lipinski definition) is 0. The highest BCUT2D eigenvalue weighted by molar-refractivity contribution is 7.94. The molecular weight excluding hydrogens is 204 g/mol. The number of sulfone groups is 1. The van der Waals surface area contributed by atoms with Gasteiger partial charge in [-0.3, -0.25) is 0 Å². The van der Waals surface area contributed by atoms with Crippen LogP contribution in [0.15, 0.2) is 36.8 Å². The maximum absolute atomic E-state index is 11.0. The summed E-state index contributed by atoms with van der Waals surface area (Å²) in [6.07, 6.45) is 3.54. The summed E-state index contributed by atoms with van der Waals surface area (Å²) in [4.78, 5) is 10.5. The molecule has 0 bridgehead atoms. The predicted molar refractivity (Wildman–Crippen MR) is 54.3 cm³/mol. The van der Waals surface area contributed by atoms with E-state index in [0.29, 0.717) is 0 Å². The molecule has 0 saturated heterocycles. The van der Waals surface area contributed by atoms with Crippen LogP contribution >= 0.6 is 0 Å². The minimum atomic E-state index is -3.25. The van der Waals surface area contributed by atoms with Gasteiger partial charge >= 0.3 is 5.97 Å². The van der Waals surface area contributed by atoms with Crippen LogP contribution in [0.1, 0.15) is 0 Å². The lowest BCUT2D eigenvalue weighted by atomic mass is 10.6.